The number of carbonyl (C=O) groups excluding carboxylic acids is 2. The molecule has 108 valence electrons. The number of hydrogen-bond acceptors (Lipinski definition) is 5. The van der Waals surface area contributed by atoms with Crippen LogP contribution in [0.5, 0.6) is 0 Å². The maximum Gasteiger partial charge on any atom is 0.321 e. The molecular formula is C12H15N3O5. The monoisotopic (exact) mass is 281 g/mol. The van der Waals surface area contributed by atoms with Crippen molar-refractivity contribution < 1.29 is 19.6 Å². The van der Waals surface area contributed by atoms with E-state index < -0.39 is 22.8 Å². The molecule has 0 aliphatic heterocycles. The topological polar surface area (TPSA) is 122 Å². The van der Waals surface area contributed by atoms with E-state index in [0.29, 0.717) is 0 Å². The van der Waals surface area contributed by atoms with Gasteiger partial charge in [0, 0.05) is 18.2 Å². The third-order valence-electron chi connectivity index (χ3n) is 2.63. The number of imide groups is 1. The second kappa shape index (κ2) is 7.19. The number of nitro benzene ring substituents is 1. The predicted octanol–water partition coefficient (Wildman–Crippen LogP) is 0.516. The van der Waals surface area contributed by atoms with Gasteiger partial charge < -0.3 is 10.4 Å². The second-order valence-corrected chi connectivity index (χ2v) is 4.01. The molecule has 8 nitrogen and oxygen atoms in total. The highest BCUT2D eigenvalue weighted by atomic mass is 16.6. The number of aliphatic hydroxyl groups is 1. The van der Waals surface area contributed by atoms with Gasteiger partial charge in [0.25, 0.3) is 5.69 Å². The first-order valence-electron chi connectivity index (χ1n) is 5.90. The van der Waals surface area contributed by atoms with Gasteiger partial charge in [-0.1, -0.05) is 18.2 Å². The molecule has 3 amide bonds. The Morgan fingerprint density at radius 3 is 2.65 bits per heavy atom. The molecule has 0 aromatic heterocycles. The van der Waals surface area contributed by atoms with E-state index in [0.717, 1.165) is 0 Å². The van der Waals surface area contributed by atoms with Gasteiger partial charge in [0.15, 0.2) is 0 Å². The van der Waals surface area contributed by atoms with Crippen LogP contribution in [-0.4, -0.2) is 35.1 Å². The molecule has 20 heavy (non-hydrogen) atoms. The van der Waals surface area contributed by atoms with Crippen LogP contribution < -0.4 is 10.6 Å². The van der Waals surface area contributed by atoms with E-state index >= 15 is 0 Å². The van der Waals surface area contributed by atoms with E-state index in [1.165, 1.54) is 25.1 Å². The maximum absolute atomic E-state index is 11.8. The summed E-state index contributed by atoms with van der Waals surface area (Å²) in [6, 6.07) is 5.09. The zero-order chi connectivity index (χ0) is 15.1. The van der Waals surface area contributed by atoms with Crippen molar-refractivity contribution in [3.05, 3.63) is 39.9 Å². The highest BCUT2D eigenvalue weighted by Crippen LogP contribution is 2.26. The first-order valence-corrected chi connectivity index (χ1v) is 5.90. The van der Waals surface area contributed by atoms with E-state index in [-0.39, 0.29) is 24.4 Å². The Labute approximate surface area is 114 Å². The zero-order valence-electron chi connectivity index (χ0n) is 10.8. The number of nitro groups is 1. The van der Waals surface area contributed by atoms with Crippen LogP contribution in [0.2, 0.25) is 0 Å². The fourth-order valence-corrected chi connectivity index (χ4v) is 1.59. The standard InChI is InChI=1S/C12H15N3O5/c1-8(11(17)14-12(18)13-6-7-16)9-4-2-3-5-10(9)15(19)20/h2-5,8,16H,6-7H2,1H3,(H2,13,14,17,18). The van der Waals surface area contributed by atoms with Crippen molar-refractivity contribution in [1.82, 2.24) is 10.6 Å². The average molecular weight is 281 g/mol. The summed E-state index contributed by atoms with van der Waals surface area (Å²) in [5.41, 5.74) is 0.0517. The van der Waals surface area contributed by atoms with Gasteiger partial charge in [-0.25, -0.2) is 4.79 Å². The Bertz CT molecular complexity index is 518. The molecule has 0 spiro atoms. The van der Waals surface area contributed by atoms with E-state index in [4.69, 9.17) is 5.11 Å². The molecule has 0 aliphatic carbocycles. The Kier molecular flexibility index (Phi) is 5.60. The zero-order valence-corrected chi connectivity index (χ0v) is 10.8. The van der Waals surface area contributed by atoms with Crippen LogP contribution in [0.1, 0.15) is 18.4 Å². The summed E-state index contributed by atoms with van der Waals surface area (Å²) >= 11 is 0. The largest absolute Gasteiger partial charge is 0.395 e. The summed E-state index contributed by atoms with van der Waals surface area (Å²) in [5.74, 6) is -1.51. The van der Waals surface area contributed by atoms with Gasteiger partial charge in [-0.05, 0) is 6.92 Å². The number of benzene rings is 1. The molecule has 1 aromatic carbocycles. The molecule has 1 unspecified atom stereocenters. The highest BCUT2D eigenvalue weighted by molar-refractivity contribution is 5.97. The summed E-state index contributed by atoms with van der Waals surface area (Å²) < 4.78 is 0. The van der Waals surface area contributed by atoms with Crippen LogP contribution in [0.3, 0.4) is 0 Å². The van der Waals surface area contributed by atoms with Crippen LogP contribution >= 0.6 is 0 Å². The summed E-state index contributed by atoms with van der Waals surface area (Å²) in [6.45, 7) is 1.23. The van der Waals surface area contributed by atoms with Gasteiger partial charge in [0.2, 0.25) is 5.91 Å². The molecule has 1 aromatic rings. The molecule has 0 bridgehead atoms. The number of carbonyl (C=O) groups is 2. The van der Waals surface area contributed by atoms with Crippen molar-refractivity contribution >= 4 is 17.6 Å². The number of amides is 3. The van der Waals surface area contributed by atoms with E-state index in [9.17, 15) is 19.7 Å². The van der Waals surface area contributed by atoms with E-state index in [1.807, 2.05) is 0 Å². The lowest BCUT2D eigenvalue weighted by atomic mass is 9.98. The lowest BCUT2D eigenvalue weighted by Gasteiger charge is -2.12. The minimum absolute atomic E-state index is 0.0129. The average Bonchev–Trinajstić information content (AvgIpc) is 2.44. The lowest BCUT2D eigenvalue weighted by molar-refractivity contribution is -0.385. The Balaban J connectivity index is 2.79. The van der Waals surface area contributed by atoms with Gasteiger partial charge in [-0.2, -0.15) is 0 Å². The van der Waals surface area contributed by atoms with Crippen molar-refractivity contribution in [3.8, 4) is 0 Å². The number of para-hydroxylation sites is 1. The number of aliphatic hydroxyl groups excluding tert-OH is 1. The van der Waals surface area contributed by atoms with Gasteiger partial charge in [0.05, 0.1) is 17.4 Å². The minimum Gasteiger partial charge on any atom is -0.395 e. The minimum atomic E-state index is -0.850. The smallest absolute Gasteiger partial charge is 0.321 e. The predicted molar refractivity (Wildman–Crippen MR) is 70.1 cm³/mol. The number of nitrogens with zero attached hydrogens (tertiary/aromatic N) is 1. The molecule has 0 saturated heterocycles. The Hall–Kier alpha value is -2.48. The van der Waals surface area contributed by atoms with Crippen LogP contribution in [0.4, 0.5) is 10.5 Å². The molecule has 0 saturated carbocycles. The second-order valence-electron chi connectivity index (χ2n) is 4.01. The van der Waals surface area contributed by atoms with Crippen molar-refractivity contribution in [2.24, 2.45) is 0 Å². The van der Waals surface area contributed by atoms with Crippen molar-refractivity contribution in [2.45, 2.75) is 12.8 Å². The van der Waals surface area contributed by atoms with E-state index in [2.05, 4.69) is 10.6 Å². The van der Waals surface area contributed by atoms with E-state index in [1.54, 1.807) is 6.07 Å². The number of rotatable bonds is 5. The third-order valence-corrected chi connectivity index (χ3v) is 2.63. The Morgan fingerprint density at radius 2 is 2.05 bits per heavy atom. The first-order chi connectivity index (χ1) is 9.47. The summed E-state index contributed by atoms with van der Waals surface area (Å²) in [6.07, 6.45) is 0. The van der Waals surface area contributed by atoms with Gasteiger partial charge in [-0.3, -0.25) is 20.2 Å². The number of urea groups is 1. The fraction of sp³-hybridized carbons (Fsp3) is 0.333. The summed E-state index contributed by atoms with van der Waals surface area (Å²) in [4.78, 5) is 33.4. The normalized spacial score (nSPS) is 11.5. The number of hydrogen-bond donors (Lipinski definition) is 3. The third kappa shape index (κ3) is 4.02. The van der Waals surface area contributed by atoms with Gasteiger partial charge in [0.1, 0.15) is 0 Å². The molecular weight excluding hydrogens is 266 g/mol. The summed E-state index contributed by atoms with van der Waals surface area (Å²) in [5, 5.41) is 23.7. The van der Waals surface area contributed by atoms with Crippen LogP contribution in [0.15, 0.2) is 24.3 Å². The SMILES string of the molecule is CC(C(=O)NC(=O)NCCO)c1ccccc1[N+](=O)[O-]. The Morgan fingerprint density at radius 1 is 1.40 bits per heavy atom. The number of nitrogens with one attached hydrogen (secondary N) is 2. The van der Waals surface area contributed by atoms with Crippen LogP contribution in [-0.2, 0) is 4.79 Å². The molecule has 0 radical (unpaired) electrons. The molecule has 0 aliphatic rings. The molecule has 8 heteroatoms. The van der Waals surface area contributed by atoms with Crippen LogP contribution in [0, 0.1) is 10.1 Å². The summed E-state index contributed by atoms with van der Waals surface area (Å²) in [7, 11) is 0. The van der Waals surface area contributed by atoms with Crippen molar-refractivity contribution in [1.29, 1.82) is 0 Å². The first kappa shape index (κ1) is 15.6. The van der Waals surface area contributed by atoms with Gasteiger partial charge >= 0.3 is 6.03 Å². The molecule has 1 rings (SSSR count). The van der Waals surface area contributed by atoms with Crippen molar-refractivity contribution in [3.63, 3.8) is 0 Å². The molecule has 1 atom stereocenters. The molecule has 3 N–H and O–H groups in total. The molecule has 0 fully saturated rings. The lowest BCUT2D eigenvalue weighted by Crippen LogP contribution is -2.42. The quantitative estimate of drug-likeness (QED) is 0.536. The van der Waals surface area contributed by atoms with Gasteiger partial charge in [-0.15, -0.1) is 0 Å². The van der Waals surface area contributed by atoms with Crippen molar-refractivity contribution in [2.75, 3.05) is 13.2 Å². The fourth-order valence-electron chi connectivity index (χ4n) is 1.59. The maximum atomic E-state index is 11.8. The van der Waals surface area contributed by atoms with Crippen LogP contribution in [0.25, 0.3) is 0 Å². The molecule has 0 heterocycles. The highest BCUT2D eigenvalue weighted by Gasteiger charge is 2.24.